The maximum atomic E-state index is 14.3. The van der Waals surface area contributed by atoms with Crippen molar-refractivity contribution in [1.82, 2.24) is 4.98 Å². The van der Waals surface area contributed by atoms with Crippen LogP contribution in [0.2, 0.25) is 0 Å². The van der Waals surface area contributed by atoms with Gasteiger partial charge in [0.2, 0.25) is 11.7 Å². The molecule has 2 aromatic rings. The zero-order chi connectivity index (χ0) is 22.2. The number of carbonyl (C=O) groups is 2. The van der Waals surface area contributed by atoms with Gasteiger partial charge in [0.1, 0.15) is 11.9 Å². The average molecular weight is 419 g/mol. The number of ether oxygens (including phenoxy) is 2. The standard InChI is InChI=1S/C21H23F2N3O4/c1-10-15(12-5-6-13(22)16(23)17(12)29-4)18(30-21(10,2)3)20(28)26-14-9-11(19(24)27)7-8-25-14/h5-10,15,18H,1-4H3,(H2,24,27)(H,25,26,28)/t10-,15-,18+/m0/s1. The summed E-state index contributed by atoms with van der Waals surface area (Å²) >= 11 is 0. The number of methoxy groups -OCH3 is 1. The minimum Gasteiger partial charge on any atom is -0.493 e. The normalized spacial score (nSPS) is 22.5. The minimum atomic E-state index is -1.12. The van der Waals surface area contributed by atoms with E-state index in [4.69, 9.17) is 15.2 Å². The number of benzene rings is 1. The molecule has 9 heteroatoms. The largest absolute Gasteiger partial charge is 0.493 e. The van der Waals surface area contributed by atoms with Gasteiger partial charge in [0.05, 0.1) is 12.7 Å². The fourth-order valence-corrected chi connectivity index (χ4v) is 3.72. The van der Waals surface area contributed by atoms with Gasteiger partial charge in [-0.25, -0.2) is 9.37 Å². The predicted octanol–water partition coefficient (Wildman–Crippen LogP) is 3.00. The van der Waals surface area contributed by atoms with E-state index in [1.54, 1.807) is 0 Å². The van der Waals surface area contributed by atoms with Crippen molar-refractivity contribution < 1.29 is 27.8 Å². The zero-order valence-corrected chi connectivity index (χ0v) is 17.0. The van der Waals surface area contributed by atoms with Crippen LogP contribution >= 0.6 is 0 Å². The maximum Gasteiger partial charge on any atom is 0.255 e. The first-order chi connectivity index (χ1) is 14.1. The number of pyridine rings is 1. The highest BCUT2D eigenvalue weighted by molar-refractivity contribution is 5.97. The molecule has 3 N–H and O–H groups in total. The van der Waals surface area contributed by atoms with Gasteiger partial charge in [0, 0.05) is 23.2 Å². The third kappa shape index (κ3) is 3.85. The van der Waals surface area contributed by atoms with Crippen molar-refractivity contribution in [3.05, 3.63) is 53.2 Å². The van der Waals surface area contributed by atoms with Gasteiger partial charge >= 0.3 is 0 Å². The number of nitrogens with two attached hydrogens (primary N) is 1. The number of hydrogen-bond acceptors (Lipinski definition) is 5. The lowest BCUT2D eigenvalue weighted by atomic mass is 9.78. The van der Waals surface area contributed by atoms with E-state index in [1.807, 2.05) is 20.8 Å². The number of carbonyl (C=O) groups excluding carboxylic acids is 2. The lowest BCUT2D eigenvalue weighted by Gasteiger charge is -2.25. The van der Waals surface area contributed by atoms with E-state index in [1.165, 1.54) is 31.5 Å². The van der Waals surface area contributed by atoms with Crippen molar-refractivity contribution >= 4 is 17.6 Å². The van der Waals surface area contributed by atoms with Gasteiger partial charge in [-0.1, -0.05) is 13.0 Å². The first-order valence-electron chi connectivity index (χ1n) is 9.33. The fraction of sp³-hybridized carbons (Fsp3) is 0.381. The third-order valence-electron chi connectivity index (χ3n) is 5.59. The lowest BCUT2D eigenvalue weighted by Crippen LogP contribution is -2.33. The van der Waals surface area contributed by atoms with Crippen LogP contribution in [0.25, 0.3) is 0 Å². The van der Waals surface area contributed by atoms with Crippen LogP contribution in [-0.2, 0) is 9.53 Å². The summed E-state index contributed by atoms with van der Waals surface area (Å²) in [6.07, 6.45) is 0.306. The summed E-state index contributed by atoms with van der Waals surface area (Å²) < 4.78 is 39.2. The molecule has 1 aromatic heterocycles. The number of primary amides is 1. The molecular weight excluding hydrogens is 396 g/mol. The quantitative estimate of drug-likeness (QED) is 0.776. The topological polar surface area (TPSA) is 104 Å². The zero-order valence-electron chi connectivity index (χ0n) is 17.0. The van der Waals surface area contributed by atoms with Crippen LogP contribution in [0.4, 0.5) is 14.6 Å². The Labute approximate surface area is 172 Å². The number of rotatable bonds is 5. The molecule has 1 aliphatic rings. The number of nitrogens with zero attached hydrogens (tertiary/aromatic N) is 1. The van der Waals surface area contributed by atoms with Gasteiger partial charge in [-0.15, -0.1) is 0 Å². The summed E-state index contributed by atoms with van der Waals surface area (Å²) in [6.45, 7) is 5.50. The molecule has 1 aromatic carbocycles. The molecule has 7 nitrogen and oxygen atoms in total. The number of aromatic nitrogens is 1. The molecule has 0 spiro atoms. The third-order valence-corrected chi connectivity index (χ3v) is 5.59. The summed E-state index contributed by atoms with van der Waals surface area (Å²) in [7, 11) is 1.24. The van der Waals surface area contributed by atoms with Crippen molar-refractivity contribution in [3.63, 3.8) is 0 Å². The molecule has 1 saturated heterocycles. The summed E-state index contributed by atoms with van der Waals surface area (Å²) in [5.74, 6) is -4.38. The van der Waals surface area contributed by atoms with Crippen molar-refractivity contribution in [1.29, 1.82) is 0 Å². The molecule has 1 fully saturated rings. The van der Waals surface area contributed by atoms with Crippen LogP contribution in [0.1, 0.15) is 42.6 Å². The second kappa shape index (κ2) is 7.98. The lowest BCUT2D eigenvalue weighted by molar-refractivity contribution is -0.131. The Morgan fingerprint density at radius 2 is 1.97 bits per heavy atom. The van der Waals surface area contributed by atoms with Crippen molar-refractivity contribution in [2.24, 2.45) is 11.7 Å². The molecule has 2 heterocycles. The maximum absolute atomic E-state index is 14.3. The van der Waals surface area contributed by atoms with E-state index in [9.17, 15) is 18.4 Å². The molecule has 3 atom stereocenters. The Morgan fingerprint density at radius 1 is 1.27 bits per heavy atom. The van der Waals surface area contributed by atoms with Crippen LogP contribution in [-0.4, -0.2) is 35.6 Å². The monoisotopic (exact) mass is 419 g/mol. The van der Waals surface area contributed by atoms with E-state index in [0.717, 1.165) is 6.07 Å². The van der Waals surface area contributed by atoms with Crippen LogP contribution in [0.15, 0.2) is 30.5 Å². The van der Waals surface area contributed by atoms with E-state index in [2.05, 4.69) is 10.3 Å². The van der Waals surface area contributed by atoms with Crippen molar-refractivity contribution in [2.75, 3.05) is 12.4 Å². The van der Waals surface area contributed by atoms with Gasteiger partial charge in [-0.3, -0.25) is 9.59 Å². The smallest absolute Gasteiger partial charge is 0.255 e. The molecule has 0 saturated carbocycles. The van der Waals surface area contributed by atoms with Crippen LogP contribution in [0.3, 0.4) is 0 Å². The number of anilines is 1. The SMILES string of the molecule is COc1c([C@H]2[C@H](C(=O)Nc3cc(C(N)=O)ccn3)OC(C)(C)[C@H]2C)ccc(F)c1F. The fourth-order valence-electron chi connectivity index (χ4n) is 3.72. The highest BCUT2D eigenvalue weighted by Crippen LogP contribution is 2.49. The number of hydrogen-bond donors (Lipinski definition) is 2. The molecule has 0 radical (unpaired) electrons. The summed E-state index contributed by atoms with van der Waals surface area (Å²) in [5.41, 5.74) is 5.04. The second-order valence-electron chi connectivity index (χ2n) is 7.72. The molecule has 1 aliphatic heterocycles. The summed E-state index contributed by atoms with van der Waals surface area (Å²) in [6, 6.07) is 5.16. The Bertz CT molecular complexity index is 996. The molecule has 0 aliphatic carbocycles. The molecule has 3 rings (SSSR count). The van der Waals surface area contributed by atoms with Crippen LogP contribution in [0.5, 0.6) is 5.75 Å². The van der Waals surface area contributed by atoms with E-state index < -0.39 is 41.1 Å². The highest BCUT2D eigenvalue weighted by atomic mass is 19.2. The minimum absolute atomic E-state index is 0.119. The van der Waals surface area contributed by atoms with E-state index in [0.29, 0.717) is 5.56 Å². The van der Waals surface area contributed by atoms with Gasteiger partial charge in [-0.2, -0.15) is 4.39 Å². The van der Waals surface area contributed by atoms with Crippen LogP contribution in [0, 0.1) is 17.6 Å². The molecule has 2 amide bonds. The molecular formula is C21H23F2N3O4. The average Bonchev–Trinajstić information content (AvgIpc) is 2.93. The first-order valence-corrected chi connectivity index (χ1v) is 9.33. The van der Waals surface area contributed by atoms with Gasteiger partial charge < -0.3 is 20.5 Å². The Kier molecular flexibility index (Phi) is 5.76. The molecule has 30 heavy (non-hydrogen) atoms. The van der Waals surface area contributed by atoms with E-state index in [-0.39, 0.29) is 23.0 Å². The molecule has 0 bridgehead atoms. The Morgan fingerprint density at radius 3 is 2.60 bits per heavy atom. The predicted molar refractivity (Wildman–Crippen MR) is 105 cm³/mol. The van der Waals surface area contributed by atoms with Crippen LogP contribution < -0.4 is 15.8 Å². The first kappa shape index (κ1) is 21.6. The number of halogens is 2. The summed E-state index contributed by atoms with van der Waals surface area (Å²) in [5, 5.41) is 2.61. The molecule has 0 unspecified atom stereocenters. The Hall–Kier alpha value is -3.07. The second-order valence-corrected chi connectivity index (χ2v) is 7.72. The summed E-state index contributed by atoms with van der Waals surface area (Å²) in [4.78, 5) is 28.4. The highest BCUT2D eigenvalue weighted by Gasteiger charge is 2.51. The van der Waals surface area contributed by atoms with Crippen molar-refractivity contribution in [2.45, 2.75) is 38.4 Å². The van der Waals surface area contributed by atoms with Gasteiger partial charge in [-0.05, 0) is 38.0 Å². The van der Waals surface area contributed by atoms with E-state index >= 15 is 0 Å². The Balaban J connectivity index is 1.98. The number of nitrogens with one attached hydrogen (secondary N) is 1. The van der Waals surface area contributed by atoms with Crippen molar-refractivity contribution in [3.8, 4) is 5.75 Å². The van der Waals surface area contributed by atoms with Gasteiger partial charge in [0.15, 0.2) is 11.6 Å². The number of amides is 2. The van der Waals surface area contributed by atoms with Gasteiger partial charge in [0.25, 0.3) is 5.91 Å². The molecule has 160 valence electrons.